The summed E-state index contributed by atoms with van der Waals surface area (Å²) in [5.74, 6) is -0.645. The molecule has 0 unspecified atom stereocenters. The molecule has 44 heavy (non-hydrogen) atoms. The molecule has 5 heterocycles. The van der Waals surface area contributed by atoms with Crippen molar-refractivity contribution in [3.8, 4) is 11.3 Å². The van der Waals surface area contributed by atoms with Gasteiger partial charge in [0.05, 0.1) is 28.1 Å². The van der Waals surface area contributed by atoms with Gasteiger partial charge in [0.1, 0.15) is 23.3 Å². The van der Waals surface area contributed by atoms with E-state index in [0.717, 1.165) is 54.7 Å². The summed E-state index contributed by atoms with van der Waals surface area (Å²) in [6.45, 7) is 8.96. The highest BCUT2D eigenvalue weighted by atomic mass is 32.1. The first-order chi connectivity index (χ1) is 21.1. The number of likely N-dealkylation sites (tertiary alicyclic amines) is 2. The summed E-state index contributed by atoms with van der Waals surface area (Å²) in [6.07, 6.45) is 5.89. The number of nitrogens with zero attached hydrogens (tertiary/aromatic N) is 5. The normalized spacial score (nSPS) is 18.4. The number of carbonyl (C=O) groups excluding carboxylic acids is 2. The van der Waals surface area contributed by atoms with Crippen molar-refractivity contribution in [1.29, 1.82) is 0 Å². The average Bonchev–Trinajstić information content (AvgIpc) is 3.70. The highest BCUT2D eigenvalue weighted by Gasteiger charge is 2.33. The molecule has 1 atom stereocenters. The number of alkyl halides is 1. The van der Waals surface area contributed by atoms with Gasteiger partial charge in [0, 0.05) is 37.9 Å². The molecule has 0 aliphatic carbocycles. The van der Waals surface area contributed by atoms with Gasteiger partial charge in [-0.1, -0.05) is 17.4 Å². The number of rotatable bonds is 7. The predicted octanol–water partition coefficient (Wildman–Crippen LogP) is 6.38. The Morgan fingerprint density at radius 2 is 1.93 bits per heavy atom. The number of piperidine rings is 1. The van der Waals surface area contributed by atoms with Crippen molar-refractivity contribution in [2.24, 2.45) is 0 Å². The van der Waals surface area contributed by atoms with Gasteiger partial charge in [0.2, 0.25) is 0 Å². The van der Waals surface area contributed by atoms with Crippen molar-refractivity contribution < 1.29 is 23.1 Å². The Kier molecular flexibility index (Phi) is 8.56. The molecule has 0 saturated carbocycles. The highest BCUT2D eigenvalue weighted by Crippen LogP contribution is 2.36. The average molecular weight is 625 g/mol. The second-order valence-electron chi connectivity index (χ2n) is 12.6. The number of thiazole rings is 1. The Balaban J connectivity index is 1.12. The van der Waals surface area contributed by atoms with Crippen LogP contribution in [0.4, 0.5) is 13.6 Å². The zero-order chi connectivity index (χ0) is 31.0. The van der Waals surface area contributed by atoms with Gasteiger partial charge in [-0.15, -0.1) is 0 Å². The molecule has 2 aliphatic heterocycles. The van der Waals surface area contributed by atoms with Crippen LogP contribution < -0.4 is 5.32 Å². The number of ether oxygens (including phenoxy) is 1. The third-order valence-corrected chi connectivity index (χ3v) is 9.22. The van der Waals surface area contributed by atoms with Crippen molar-refractivity contribution in [2.75, 3.05) is 32.7 Å². The smallest absolute Gasteiger partial charge is 0.410 e. The van der Waals surface area contributed by atoms with Gasteiger partial charge in [-0.3, -0.25) is 9.20 Å². The van der Waals surface area contributed by atoms with Crippen molar-refractivity contribution in [3.63, 3.8) is 0 Å². The summed E-state index contributed by atoms with van der Waals surface area (Å²) < 4.78 is 37.1. The summed E-state index contributed by atoms with van der Waals surface area (Å²) >= 11 is 1.41. The van der Waals surface area contributed by atoms with Crippen LogP contribution in [0.15, 0.2) is 36.7 Å². The molecule has 2 amide bonds. The molecule has 0 radical (unpaired) electrons. The zero-order valence-corrected chi connectivity index (χ0v) is 26.1. The Hall–Kier alpha value is -3.64. The quantitative estimate of drug-likeness (QED) is 0.240. The Morgan fingerprint density at radius 1 is 1.14 bits per heavy atom. The van der Waals surface area contributed by atoms with E-state index in [1.807, 2.05) is 31.2 Å². The fraction of sp³-hybridized carbons (Fsp3) is 0.500. The molecular weight excluding hydrogens is 586 g/mol. The molecule has 2 aliphatic rings. The minimum absolute atomic E-state index is 0.236. The molecule has 12 heteroatoms. The molecule has 234 valence electrons. The first kappa shape index (κ1) is 30.4. The van der Waals surface area contributed by atoms with Crippen molar-refractivity contribution >= 4 is 38.5 Å². The first-order valence-electron chi connectivity index (χ1n) is 15.3. The van der Waals surface area contributed by atoms with Crippen molar-refractivity contribution in [2.45, 2.75) is 70.7 Å². The van der Waals surface area contributed by atoms with E-state index in [0.29, 0.717) is 47.8 Å². The molecule has 2 fully saturated rings. The van der Waals surface area contributed by atoms with Crippen LogP contribution in [-0.2, 0) is 4.74 Å². The van der Waals surface area contributed by atoms with Gasteiger partial charge < -0.3 is 19.9 Å². The number of hydrogen-bond donors (Lipinski definition) is 1. The van der Waals surface area contributed by atoms with Gasteiger partial charge in [0.25, 0.3) is 5.91 Å². The van der Waals surface area contributed by atoms with Crippen molar-refractivity contribution in [1.82, 2.24) is 29.5 Å². The van der Waals surface area contributed by atoms with E-state index in [1.165, 1.54) is 17.4 Å². The fourth-order valence-electron chi connectivity index (χ4n) is 5.97. The summed E-state index contributed by atoms with van der Waals surface area (Å²) in [5, 5.41) is 2.93. The minimum atomic E-state index is -0.687. The van der Waals surface area contributed by atoms with Gasteiger partial charge >= 0.3 is 6.09 Å². The lowest BCUT2D eigenvalue weighted by Gasteiger charge is -2.29. The number of benzene rings is 1. The van der Waals surface area contributed by atoms with Crippen LogP contribution in [0.1, 0.15) is 75.0 Å². The SMILES string of the molecule is CC(C)(C)OC(=O)N1CCC[C@H]1c1ccc(-c2cn3c(n2)sc2cc(C(=O)NCCCN4CCC(F)CC4)ncc23)c(F)c1. The van der Waals surface area contributed by atoms with Crippen LogP contribution in [0.5, 0.6) is 0 Å². The number of nitrogens with one attached hydrogen (secondary N) is 1. The van der Waals surface area contributed by atoms with Crippen LogP contribution in [0.25, 0.3) is 26.4 Å². The van der Waals surface area contributed by atoms with Crippen LogP contribution in [0, 0.1) is 5.82 Å². The lowest BCUT2D eigenvalue weighted by Crippen LogP contribution is -2.36. The largest absolute Gasteiger partial charge is 0.444 e. The van der Waals surface area contributed by atoms with E-state index in [4.69, 9.17) is 4.74 Å². The number of pyridine rings is 1. The molecule has 1 aromatic carbocycles. The maximum Gasteiger partial charge on any atom is 0.410 e. The lowest BCUT2D eigenvalue weighted by atomic mass is 10.0. The van der Waals surface area contributed by atoms with E-state index in [9.17, 15) is 14.0 Å². The second kappa shape index (κ2) is 12.4. The second-order valence-corrected chi connectivity index (χ2v) is 13.6. The monoisotopic (exact) mass is 624 g/mol. The van der Waals surface area contributed by atoms with Crippen LogP contribution >= 0.6 is 11.3 Å². The van der Waals surface area contributed by atoms with Gasteiger partial charge in [-0.05, 0) is 83.2 Å². The molecule has 3 aromatic heterocycles. The molecule has 1 N–H and O–H groups in total. The number of carbonyl (C=O) groups is 2. The molecule has 0 spiro atoms. The van der Waals surface area contributed by atoms with E-state index >= 15 is 4.39 Å². The van der Waals surface area contributed by atoms with Crippen LogP contribution in [-0.4, -0.2) is 80.7 Å². The van der Waals surface area contributed by atoms with E-state index in [2.05, 4.69) is 20.2 Å². The Labute approximate surface area is 259 Å². The Bertz CT molecular complexity index is 1670. The lowest BCUT2D eigenvalue weighted by molar-refractivity contribution is 0.0224. The standard InChI is InChI=1S/C32H38F2N6O3S/c1-32(2,3)43-31(42)39-13-4-6-26(39)20-7-8-22(23(34)16-20)25-19-40-27-18-36-24(17-28(27)44-30(40)37-25)29(41)35-11-5-12-38-14-9-21(33)10-15-38/h7-8,16-19,21,26H,4-6,9-15H2,1-3H3,(H,35,41)/t26-/m0/s1. The van der Waals surface area contributed by atoms with E-state index < -0.39 is 17.6 Å². The van der Waals surface area contributed by atoms with Gasteiger partial charge in [-0.25, -0.2) is 23.5 Å². The topological polar surface area (TPSA) is 92.1 Å². The zero-order valence-electron chi connectivity index (χ0n) is 25.3. The predicted molar refractivity (Wildman–Crippen MR) is 166 cm³/mol. The molecular formula is C32H38F2N6O3S. The number of hydrogen-bond acceptors (Lipinski definition) is 7. The summed E-state index contributed by atoms with van der Waals surface area (Å²) in [4.78, 5) is 39.1. The van der Waals surface area contributed by atoms with Gasteiger partial charge in [-0.2, -0.15) is 0 Å². The maximum absolute atomic E-state index is 15.5. The first-order valence-corrected chi connectivity index (χ1v) is 16.1. The molecule has 0 bridgehead atoms. The summed E-state index contributed by atoms with van der Waals surface area (Å²) in [5.41, 5.74) is 2.12. The molecule has 4 aromatic rings. The summed E-state index contributed by atoms with van der Waals surface area (Å²) in [7, 11) is 0. The van der Waals surface area contributed by atoms with Crippen molar-refractivity contribution in [3.05, 3.63) is 53.7 Å². The maximum atomic E-state index is 15.5. The molecule has 2 saturated heterocycles. The third-order valence-electron chi connectivity index (χ3n) is 8.20. The number of halogens is 2. The minimum Gasteiger partial charge on any atom is -0.444 e. The third kappa shape index (κ3) is 6.56. The van der Waals surface area contributed by atoms with Gasteiger partial charge in [0.15, 0.2) is 4.96 Å². The number of amides is 2. The Morgan fingerprint density at radius 3 is 2.68 bits per heavy atom. The highest BCUT2D eigenvalue weighted by molar-refractivity contribution is 7.23. The summed E-state index contributed by atoms with van der Waals surface area (Å²) in [6, 6.07) is 6.58. The van der Waals surface area contributed by atoms with E-state index in [1.54, 1.807) is 29.4 Å². The number of aromatic nitrogens is 3. The van der Waals surface area contributed by atoms with Crippen LogP contribution in [0.2, 0.25) is 0 Å². The number of imidazole rings is 1. The van der Waals surface area contributed by atoms with E-state index in [-0.39, 0.29) is 18.0 Å². The number of fused-ring (bicyclic) bond motifs is 3. The van der Waals surface area contributed by atoms with Crippen LogP contribution in [0.3, 0.4) is 0 Å². The molecule has 9 nitrogen and oxygen atoms in total. The molecule has 6 rings (SSSR count). The fourth-order valence-corrected chi connectivity index (χ4v) is 6.99.